The number of halogens is 1. The summed E-state index contributed by atoms with van der Waals surface area (Å²) >= 11 is 6.07. The Bertz CT molecular complexity index is 791. The Morgan fingerprint density at radius 3 is 2.96 bits per heavy atom. The van der Waals surface area contributed by atoms with Gasteiger partial charge in [0.1, 0.15) is 11.5 Å². The zero-order chi connectivity index (χ0) is 16.2. The molecule has 120 valence electrons. The molecule has 0 saturated heterocycles. The lowest BCUT2D eigenvalue weighted by Gasteiger charge is -2.01. The van der Waals surface area contributed by atoms with Gasteiger partial charge in [0, 0.05) is 25.1 Å². The normalized spacial score (nSPS) is 10.9. The predicted octanol–water partition coefficient (Wildman–Crippen LogP) is 2.32. The topological polar surface area (TPSA) is 77.9 Å². The lowest BCUT2D eigenvalue weighted by molar-refractivity contribution is 0.0920. The molecule has 0 fully saturated rings. The lowest BCUT2D eigenvalue weighted by atomic mass is 10.3. The number of hydrogen-bond acceptors (Lipinski definition) is 4. The van der Waals surface area contributed by atoms with Gasteiger partial charge < -0.3 is 9.73 Å². The molecule has 23 heavy (non-hydrogen) atoms. The molecule has 0 spiro atoms. The first-order chi connectivity index (χ1) is 11.2. The van der Waals surface area contributed by atoms with Crippen molar-refractivity contribution in [3.05, 3.63) is 59.0 Å². The van der Waals surface area contributed by atoms with Gasteiger partial charge >= 0.3 is 0 Å². The third kappa shape index (κ3) is 3.62. The SMILES string of the molecule is CCn1cc(Cl)c(CNC(=O)c2ccc(Cn3cccn3)o2)n1. The number of rotatable bonds is 6. The van der Waals surface area contributed by atoms with Gasteiger partial charge in [0.25, 0.3) is 5.91 Å². The van der Waals surface area contributed by atoms with E-state index in [1.54, 1.807) is 33.9 Å². The molecule has 0 unspecified atom stereocenters. The molecule has 1 N–H and O–H groups in total. The van der Waals surface area contributed by atoms with E-state index in [9.17, 15) is 4.79 Å². The lowest BCUT2D eigenvalue weighted by Crippen LogP contribution is -2.22. The van der Waals surface area contributed by atoms with Gasteiger partial charge in [-0.1, -0.05) is 11.6 Å². The molecule has 3 heterocycles. The monoisotopic (exact) mass is 333 g/mol. The molecular formula is C15H16ClN5O2. The minimum atomic E-state index is -0.307. The van der Waals surface area contributed by atoms with Crippen LogP contribution in [0.25, 0.3) is 0 Å². The summed E-state index contributed by atoms with van der Waals surface area (Å²) in [6.45, 7) is 3.42. The molecule has 0 saturated carbocycles. The second-order valence-corrected chi connectivity index (χ2v) is 5.34. The third-order valence-corrected chi connectivity index (χ3v) is 3.61. The molecule has 0 aliphatic carbocycles. The molecule has 0 aliphatic heterocycles. The Morgan fingerprint density at radius 1 is 1.39 bits per heavy atom. The van der Waals surface area contributed by atoms with E-state index in [1.165, 1.54) is 0 Å². The van der Waals surface area contributed by atoms with Crippen molar-refractivity contribution in [2.75, 3.05) is 0 Å². The molecule has 0 radical (unpaired) electrons. The zero-order valence-electron chi connectivity index (χ0n) is 12.6. The molecule has 3 rings (SSSR count). The van der Waals surface area contributed by atoms with Gasteiger partial charge in [-0.2, -0.15) is 10.2 Å². The molecular weight excluding hydrogens is 318 g/mol. The van der Waals surface area contributed by atoms with Crippen molar-refractivity contribution >= 4 is 17.5 Å². The number of aryl methyl sites for hydroxylation is 1. The van der Waals surface area contributed by atoms with Crippen LogP contribution in [0.1, 0.15) is 28.9 Å². The van der Waals surface area contributed by atoms with E-state index in [0.29, 0.717) is 23.0 Å². The quantitative estimate of drug-likeness (QED) is 0.751. The largest absolute Gasteiger partial charge is 0.454 e. The van der Waals surface area contributed by atoms with Gasteiger partial charge in [-0.3, -0.25) is 14.2 Å². The smallest absolute Gasteiger partial charge is 0.287 e. The Kier molecular flexibility index (Phi) is 4.47. The van der Waals surface area contributed by atoms with E-state index in [-0.39, 0.29) is 18.2 Å². The summed E-state index contributed by atoms with van der Waals surface area (Å²) in [5.41, 5.74) is 0.630. The summed E-state index contributed by atoms with van der Waals surface area (Å²) in [6.07, 6.45) is 5.25. The van der Waals surface area contributed by atoms with E-state index in [4.69, 9.17) is 16.0 Å². The average Bonchev–Trinajstić information content (AvgIpc) is 3.27. The molecule has 1 amide bonds. The van der Waals surface area contributed by atoms with Crippen molar-refractivity contribution in [2.45, 2.75) is 26.6 Å². The van der Waals surface area contributed by atoms with E-state index < -0.39 is 0 Å². The summed E-state index contributed by atoms with van der Waals surface area (Å²) in [5.74, 6) is 0.601. The standard InChI is InChI=1S/C15H16ClN5O2/c1-2-20-10-12(16)13(19-20)8-17-15(22)14-5-4-11(23-14)9-21-7-3-6-18-21/h3-7,10H,2,8-9H2,1H3,(H,17,22). The fraction of sp³-hybridized carbons (Fsp3) is 0.267. The number of hydrogen-bond donors (Lipinski definition) is 1. The van der Waals surface area contributed by atoms with Crippen LogP contribution in [-0.4, -0.2) is 25.5 Å². The van der Waals surface area contributed by atoms with Gasteiger partial charge in [0.15, 0.2) is 5.76 Å². The minimum absolute atomic E-state index is 0.248. The van der Waals surface area contributed by atoms with Crippen molar-refractivity contribution in [1.82, 2.24) is 24.9 Å². The van der Waals surface area contributed by atoms with Crippen LogP contribution in [0.15, 0.2) is 41.2 Å². The van der Waals surface area contributed by atoms with Crippen molar-refractivity contribution in [2.24, 2.45) is 0 Å². The van der Waals surface area contributed by atoms with E-state index >= 15 is 0 Å². The fourth-order valence-corrected chi connectivity index (χ4v) is 2.33. The van der Waals surface area contributed by atoms with Crippen molar-refractivity contribution in [3.63, 3.8) is 0 Å². The van der Waals surface area contributed by atoms with Crippen molar-refractivity contribution in [1.29, 1.82) is 0 Å². The number of furan rings is 1. The summed E-state index contributed by atoms with van der Waals surface area (Å²) in [6, 6.07) is 5.23. The summed E-state index contributed by atoms with van der Waals surface area (Å²) < 4.78 is 8.97. The highest BCUT2D eigenvalue weighted by atomic mass is 35.5. The molecule has 3 aromatic rings. The highest BCUT2D eigenvalue weighted by Gasteiger charge is 2.13. The Balaban J connectivity index is 1.60. The summed E-state index contributed by atoms with van der Waals surface area (Å²) in [5, 5.41) is 11.7. The number of nitrogens with zero attached hydrogens (tertiary/aromatic N) is 4. The maximum atomic E-state index is 12.1. The molecule has 0 aromatic carbocycles. The third-order valence-electron chi connectivity index (χ3n) is 3.29. The molecule has 0 atom stereocenters. The van der Waals surface area contributed by atoms with E-state index in [0.717, 1.165) is 6.54 Å². The van der Waals surface area contributed by atoms with Crippen LogP contribution in [0.3, 0.4) is 0 Å². The maximum Gasteiger partial charge on any atom is 0.287 e. The van der Waals surface area contributed by atoms with Crippen LogP contribution in [0, 0.1) is 0 Å². The van der Waals surface area contributed by atoms with Crippen molar-refractivity contribution < 1.29 is 9.21 Å². The molecule has 8 heteroatoms. The first-order valence-electron chi connectivity index (χ1n) is 7.22. The van der Waals surface area contributed by atoms with Crippen LogP contribution in [0.2, 0.25) is 5.02 Å². The summed E-state index contributed by atoms with van der Waals surface area (Å²) in [7, 11) is 0. The number of carbonyl (C=O) groups is 1. The molecule has 0 aliphatic rings. The van der Waals surface area contributed by atoms with Gasteiger partial charge in [-0.25, -0.2) is 0 Å². The second-order valence-electron chi connectivity index (χ2n) is 4.93. The highest BCUT2D eigenvalue weighted by molar-refractivity contribution is 6.31. The van der Waals surface area contributed by atoms with Crippen molar-refractivity contribution in [3.8, 4) is 0 Å². The number of carbonyl (C=O) groups excluding carboxylic acids is 1. The van der Waals surface area contributed by atoms with Gasteiger partial charge in [-0.05, 0) is 25.1 Å². The molecule has 3 aromatic heterocycles. The van der Waals surface area contributed by atoms with Crippen LogP contribution in [0.4, 0.5) is 0 Å². The average molecular weight is 334 g/mol. The first-order valence-corrected chi connectivity index (χ1v) is 7.59. The van der Waals surface area contributed by atoms with Crippen LogP contribution >= 0.6 is 11.6 Å². The Morgan fingerprint density at radius 2 is 2.26 bits per heavy atom. The second kappa shape index (κ2) is 6.70. The van der Waals surface area contributed by atoms with Crippen LogP contribution in [-0.2, 0) is 19.6 Å². The van der Waals surface area contributed by atoms with Gasteiger partial charge in [0.2, 0.25) is 0 Å². The Labute approximate surface area is 137 Å². The predicted molar refractivity (Wildman–Crippen MR) is 84.1 cm³/mol. The Hall–Kier alpha value is -2.54. The maximum absolute atomic E-state index is 12.1. The van der Waals surface area contributed by atoms with Gasteiger partial charge in [0.05, 0.1) is 18.1 Å². The van der Waals surface area contributed by atoms with E-state index in [2.05, 4.69) is 15.5 Å². The van der Waals surface area contributed by atoms with E-state index in [1.807, 2.05) is 19.2 Å². The minimum Gasteiger partial charge on any atom is -0.454 e. The summed E-state index contributed by atoms with van der Waals surface area (Å²) in [4.78, 5) is 12.1. The van der Waals surface area contributed by atoms with Crippen LogP contribution < -0.4 is 5.32 Å². The zero-order valence-corrected chi connectivity index (χ0v) is 13.3. The molecule has 0 bridgehead atoms. The number of nitrogens with one attached hydrogen (secondary N) is 1. The highest BCUT2D eigenvalue weighted by Crippen LogP contribution is 2.14. The van der Waals surface area contributed by atoms with Crippen LogP contribution in [0.5, 0.6) is 0 Å². The van der Waals surface area contributed by atoms with Gasteiger partial charge in [-0.15, -0.1) is 0 Å². The number of aromatic nitrogens is 4. The number of amides is 1. The fourth-order valence-electron chi connectivity index (χ4n) is 2.11. The first kappa shape index (κ1) is 15.4. The molecule has 7 nitrogen and oxygen atoms in total.